The molecule has 1 N–H and O–H groups in total. The van der Waals surface area contributed by atoms with Gasteiger partial charge in [-0.1, -0.05) is 66.7 Å². The van der Waals surface area contributed by atoms with E-state index < -0.39 is 0 Å². The molecule has 1 amide bonds. The first-order valence-corrected chi connectivity index (χ1v) is 9.56. The van der Waals surface area contributed by atoms with E-state index >= 15 is 0 Å². The van der Waals surface area contributed by atoms with E-state index in [2.05, 4.69) is 22.4 Å². The van der Waals surface area contributed by atoms with Gasteiger partial charge < -0.3 is 10.2 Å². The minimum atomic E-state index is -0.0408. The smallest absolute Gasteiger partial charge is 0.260 e. The number of carbonyl (C=O) groups excluding carboxylic acids is 1. The summed E-state index contributed by atoms with van der Waals surface area (Å²) < 4.78 is 0. The number of rotatable bonds is 3. The van der Waals surface area contributed by atoms with E-state index in [0.29, 0.717) is 12.1 Å². The predicted octanol–water partition coefficient (Wildman–Crippen LogP) is 5.65. The highest BCUT2D eigenvalue weighted by atomic mass is 16.2. The second-order valence-electron chi connectivity index (χ2n) is 7.02. The van der Waals surface area contributed by atoms with Crippen LogP contribution in [0.1, 0.15) is 15.9 Å². The standard InChI is InChI=1S/C25H19N3O/c29-25-21-15-20(19-9-5-2-6-10-19)11-12-22(21)27-23-13-14-26-16-24(23)28(25)17-18-7-3-1-4-8-18/h1-16,27H,17H2. The Balaban J connectivity index is 1.63. The Labute approximate surface area is 169 Å². The summed E-state index contributed by atoms with van der Waals surface area (Å²) in [4.78, 5) is 19.7. The summed E-state index contributed by atoms with van der Waals surface area (Å²) in [5.41, 5.74) is 6.27. The van der Waals surface area contributed by atoms with E-state index in [9.17, 15) is 4.79 Å². The highest BCUT2D eigenvalue weighted by molar-refractivity contribution is 6.14. The highest BCUT2D eigenvalue weighted by Crippen LogP contribution is 2.37. The van der Waals surface area contributed by atoms with Gasteiger partial charge in [-0.3, -0.25) is 9.78 Å². The number of hydrogen-bond acceptors (Lipinski definition) is 3. The van der Waals surface area contributed by atoms with Crippen molar-refractivity contribution in [2.75, 3.05) is 10.2 Å². The van der Waals surface area contributed by atoms with Gasteiger partial charge in [-0.25, -0.2) is 0 Å². The van der Waals surface area contributed by atoms with E-state index in [1.54, 1.807) is 17.3 Å². The second kappa shape index (κ2) is 7.24. The molecule has 1 aliphatic heterocycles. The Bertz CT molecular complexity index is 1170. The molecule has 3 aromatic carbocycles. The van der Waals surface area contributed by atoms with Crippen LogP contribution in [0.4, 0.5) is 17.1 Å². The molecule has 1 aromatic heterocycles. The third kappa shape index (κ3) is 3.25. The Morgan fingerprint density at radius 3 is 2.34 bits per heavy atom. The van der Waals surface area contributed by atoms with Crippen molar-refractivity contribution >= 4 is 23.0 Å². The summed E-state index contributed by atoms with van der Waals surface area (Å²) in [5.74, 6) is -0.0408. The second-order valence-corrected chi connectivity index (χ2v) is 7.02. The van der Waals surface area contributed by atoms with Crippen LogP contribution < -0.4 is 10.2 Å². The van der Waals surface area contributed by atoms with Crippen LogP contribution in [-0.4, -0.2) is 10.9 Å². The molecule has 5 rings (SSSR count). The van der Waals surface area contributed by atoms with Crippen molar-refractivity contribution in [1.29, 1.82) is 0 Å². The minimum absolute atomic E-state index is 0.0408. The molecule has 0 bridgehead atoms. The van der Waals surface area contributed by atoms with Crippen LogP contribution in [0.25, 0.3) is 11.1 Å². The lowest BCUT2D eigenvalue weighted by atomic mass is 10.0. The predicted molar refractivity (Wildman–Crippen MR) is 116 cm³/mol. The van der Waals surface area contributed by atoms with E-state index in [-0.39, 0.29) is 5.91 Å². The van der Waals surface area contributed by atoms with Crippen molar-refractivity contribution in [3.63, 3.8) is 0 Å². The number of pyridine rings is 1. The topological polar surface area (TPSA) is 45.2 Å². The number of aromatic nitrogens is 1. The molecule has 0 radical (unpaired) electrons. The molecule has 140 valence electrons. The minimum Gasteiger partial charge on any atom is -0.353 e. The van der Waals surface area contributed by atoms with Crippen LogP contribution in [-0.2, 0) is 6.54 Å². The largest absolute Gasteiger partial charge is 0.353 e. The molecule has 0 fully saturated rings. The number of fused-ring (bicyclic) bond motifs is 2. The van der Waals surface area contributed by atoms with Crippen molar-refractivity contribution in [3.05, 3.63) is 108 Å². The zero-order chi connectivity index (χ0) is 19.6. The SMILES string of the molecule is O=C1c2cc(-c3ccccc3)ccc2Nc2ccncc2N1Cc1ccccc1. The van der Waals surface area contributed by atoms with Crippen molar-refractivity contribution in [2.45, 2.75) is 6.54 Å². The molecule has 0 atom stereocenters. The number of benzene rings is 3. The molecule has 0 spiro atoms. The van der Waals surface area contributed by atoms with Gasteiger partial charge in [0.25, 0.3) is 5.91 Å². The number of hydrogen-bond donors (Lipinski definition) is 1. The third-order valence-corrected chi connectivity index (χ3v) is 5.15. The Morgan fingerprint density at radius 2 is 1.55 bits per heavy atom. The fraction of sp³-hybridized carbons (Fsp3) is 0.0400. The lowest BCUT2D eigenvalue weighted by Crippen LogP contribution is -2.29. The maximum Gasteiger partial charge on any atom is 0.260 e. The molecule has 4 heteroatoms. The van der Waals surface area contributed by atoms with E-state index in [0.717, 1.165) is 33.8 Å². The first-order valence-electron chi connectivity index (χ1n) is 9.56. The van der Waals surface area contributed by atoms with Gasteiger partial charge in [0.1, 0.15) is 0 Å². The summed E-state index contributed by atoms with van der Waals surface area (Å²) in [7, 11) is 0. The fourth-order valence-electron chi connectivity index (χ4n) is 3.67. The van der Waals surface area contributed by atoms with Crippen LogP contribution in [0.3, 0.4) is 0 Å². The molecule has 0 aliphatic carbocycles. The summed E-state index contributed by atoms with van der Waals surface area (Å²) >= 11 is 0. The number of amides is 1. The average Bonchev–Trinajstić information content (AvgIpc) is 2.90. The fourth-order valence-corrected chi connectivity index (χ4v) is 3.67. The number of carbonyl (C=O) groups is 1. The van der Waals surface area contributed by atoms with Gasteiger partial charge in [0.2, 0.25) is 0 Å². The molecule has 4 nitrogen and oxygen atoms in total. The van der Waals surface area contributed by atoms with Crippen molar-refractivity contribution < 1.29 is 4.79 Å². The lowest BCUT2D eigenvalue weighted by molar-refractivity contribution is 0.0986. The van der Waals surface area contributed by atoms with Crippen molar-refractivity contribution in [2.24, 2.45) is 0 Å². The highest BCUT2D eigenvalue weighted by Gasteiger charge is 2.27. The quantitative estimate of drug-likeness (QED) is 0.502. The van der Waals surface area contributed by atoms with E-state index in [1.165, 1.54) is 0 Å². The van der Waals surface area contributed by atoms with Crippen molar-refractivity contribution in [3.8, 4) is 11.1 Å². The third-order valence-electron chi connectivity index (χ3n) is 5.15. The Kier molecular flexibility index (Phi) is 4.30. The van der Waals surface area contributed by atoms with Gasteiger partial charge in [0.15, 0.2) is 0 Å². The normalized spacial score (nSPS) is 12.6. The first kappa shape index (κ1) is 17.2. The van der Waals surface area contributed by atoms with Gasteiger partial charge in [0, 0.05) is 6.20 Å². The molecular weight excluding hydrogens is 358 g/mol. The molecule has 0 saturated carbocycles. The lowest BCUT2D eigenvalue weighted by Gasteiger charge is -2.22. The summed E-state index contributed by atoms with van der Waals surface area (Å²) in [6, 6.07) is 28.0. The maximum atomic E-state index is 13.6. The van der Waals surface area contributed by atoms with Gasteiger partial charge in [-0.2, -0.15) is 0 Å². The zero-order valence-corrected chi connectivity index (χ0v) is 15.7. The molecule has 4 aromatic rings. The Hall–Kier alpha value is -3.92. The molecule has 0 unspecified atom stereocenters. The van der Waals surface area contributed by atoms with E-state index in [4.69, 9.17) is 0 Å². The number of nitrogens with one attached hydrogen (secondary N) is 1. The Morgan fingerprint density at radius 1 is 0.793 bits per heavy atom. The van der Waals surface area contributed by atoms with Gasteiger partial charge in [-0.15, -0.1) is 0 Å². The zero-order valence-electron chi connectivity index (χ0n) is 15.7. The van der Waals surface area contributed by atoms with Gasteiger partial charge >= 0.3 is 0 Å². The summed E-state index contributed by atoms with van der Waals surface area (Å²) in [6.45, 7) is 0.481. The molecule has 2 heterocycles. The molecular formula is C25H19N3O. The van der Waals surface area contributed by atoms with Crippen molar-refractivity contribution in [1.82, 2.24) is 4.98 Å². The maximum absolute atomic E-state index is 13.6. The van der Waals surface area contributed by atoms with Crippen LogP contribution in [0.2, 0.25) is 0 Å². The number of nitrogens with zero attached hydrogens (tertiary/aromatic N) is 2. The van der Waals surface area contributed by atoms with Crippen LogP contribution in [0.5, 0.6) is 0 Å². The van der Waals surface area contributed by atoms with Crippen LogP contribution in [0, 0.1) is 0 Å². The van der Waals surface area contributed by atoms with Gasteiger partial charge in [-0.05, 0) is 34.9 Å². The monoisotopic (exact) mass is 377 g/mol. The number of anilines is 3. The molecule has 0 saturated heterocycles. The average molecular weight is 377 g/mol. The molecule has 29 heavy (non-hydrogen) atoms. The van der Waals surface area contributed by atoms with Crippen LogP contribution >= 0.6 is 0 Å². The van der Waals surface area contributed by atoms with Crippen LogP contribution in [0.15, 0.2) is 97.3 Å². The van der Waals surface area contributed by atoms with Gasteiger partial charge in [0.05, 0.1) is 35.4 Å². The first-order chi connectivity index (χ1) is 14.3. The summed E-state index contributed by atoms with van der Waals surface area (Å²) in [6.07, 6.45) is 3.48. The summed E-state index contributed by atoms with van der Waals surface area (Å²) in [5, 5.41) is 3.43. The van der Waals surface area contributed by atoms with E-state index in [1.807, 2.05) is 72.8 Å². The molecule has 1 aliphatic rings.